The highest BCUT2D eigenvalue weighted by Crippen LogP contribution is 2.26. The van der Waals surface area contributed by atoms with E-state index in [-0.39, 0.29) is 5.91 Å². The Labute approximate surface area is 107 Å². The molecule has 1 amide bonds. The Balaban J connectivity index is 2.61. The third-order valence-electron chi connectivity index (χ3n) is 2.46. The van der Waals surface area contributed by atoms with Gasteiger partial charge in [0.05, 0.1) is 19.9 Å². The normalized spacial score (nSPS) is 10.4. The number of hydrogen-bond acceptors (Lipinski definition) is 5. The molecule has 0 radical (unpaired) electrons. The van der Waals surface area contributed by atoms with Crippen molar-refractivity contribution in [1.29, 1.82) is 0 Å². The van der Waals surface area contributed by atoms with Crippen LogP contribution >= 0.6 is 0 Å². The Morgan fingerprint density at radius 1 is 1.44 bits per heavy atom. The molecule has 0 heterocycles. The highest BCUT2D eigenvalue weighted by atomic mass is 16.7. The van der Waals surface area contributed by atoms with Crippen LogP contribution in [0.4, 0.5) is 11.4 Å². The molecule has 0 aliphatic heterocycles. The highest BCUT2D eigenvalue weighted by Gasteiger charge is 2.09. The van der Waals surface area contributed by atoms with Crippen molar-refractivity contribution in [2.24, 2.45) is 0 Å². The number of methoxy groups -OCH3 is 1. The summed E-state index contributed by atoms with van der Waals surface area (Å²) in [6, 6.07) is 5.09. The van der Waals surface area contributed by atoms with Gasteiger partial charge in [0.25, 0.3) is 0 Å². The van der Waals surface area contributed by atoms with E-state index < -0.39 is 0 Å². The number of carbonyl (C=O) groups excluding carboxylic acids is 1. The van der Waals surface area contributed by atoms with Crippen LogP contribution in [0.1, 0.15) is 6.42 Å². The number of nitrogens with zero attached hydrogens (tertiary/aromatic N) is 1. The second kappa shape index (κ2) is 6.83. The van der Waals surface area contributed by atoms with E-state index in [1.807, 2.05) is 0 Å². The lowest BCUT2D eigenvalue weighted by Crippen LogP contribution is -2.23. The van der Waals surface area contributed by atoms with E-state index in [0.717, 1.165) is 0 Å². The van der Waals surface area contributed by atoms with Crippen LogP contribution in [-0.4, -0.2) is 38.8 Å². The number of nitrogens with one attached hydrogen (secondary N) is 1. The lowest BCUT2D eigenvalue weighted by molar-refractivity contribution is -0.126. The first-order valence-electron chi connectivity index (χ1n) is 5.55. The minimum absolute atomic E-state index is 0.122. The van der Waals surface area contributed by atoms with Crippen LogP contribution in [0.25, 0.3) is 0 Å². The molecule has 0 unspecified atom stereocenters. The molecule has 0 fully saturated rings. The van der Waals surface area contributed by atoms with Crippen LogP contribution in [-0.2, 0) is 9.63 Å². The van der Waals surface area contributed by atoms with Gasteiger partial charge in [-0.25, -0.2) is 0 Å². The average Bonchev–Trinajstić information content (AvgIpc) is 2.36. The molecule has 1 aromatic rings. The van der Waals surface area contributed by atoms with Crippen LogP contribution in [0.2, 0.25) is 0 Å². The number of benzene rings is 1. The van der Waals surface area contributed by atoms with E-state index in [2.05, 4.69) is 5.32 Å². The van der Waals surface area contributed by atoms with Gasteiger partial charge in [0.1, 0.15) is 5.75 Å². The first-order valence-corrected chi connectivity index (χ1v) is 5.55. The third kappa shape index (κ3) is 4.23. The van der Waals surface area contributed by atoms with E-state index in [0.29, 0.717) is 30.1 Å². The zero-order chi connectivity index (χ0) is 13.5. The molecule has 1 aromatic carbocycles. The minimum Gasteiger partial charge on any atom is -0.495 e. The number of carbonyl (C=O) groups is 1. The van der Waals surface area contributed by atoms with Gasteiger partial charge in [0.2, 0.25) is 5.91 Å². The van der Waals surface area contributed by atoms with Crippen molar-refractivity contribution in [1.82, 2.24) is 5.06 Å². The predicted molar refractivity (Wildman–Crippen MR) is 70.3 cm³/mol. The summed E-state index contributed by atoms with van der Waals surface area (Å²) >= 11 is 0. The van der Waals surface area contributed by atoms with Gasteiger partial charge in [-0.15, -0.1) is 0 Å². The standard InChI is InChI=1S/C12H19N3O3/c1-15(18-3)7-6-12(16)14-10-8-9(13)4-5-11(10)17-2/h4-5,8H,6-7,13H2,1-3H3,(H,14,16). The van der Waals surface area contributed by atoms with Crippen molar-refractivity contribution in [2.45, 2.75) is 6.42 Å². The van der Waals surface area contributed by atoms with Gasteiger partial charge >= 0.3 is 0 Å². The summed E-state index contributed by atoms with van der Waals surface area (Å²) < 4.78 is 5.14. The Kier molecular flexibility index (Phi) is 5.41. The van der Waals surface area contributed by atoms with Crippen LogP contribution in [0.15, 0.2) is 18.2 Å². The molecule has 6 nitrogen and oxygen atoms in total. The summed E-state index contributed by atoms with van der Waals surface area (Å²) in [5, 5.41) is 4.34. The lowest BCUT2D eigenvalue weighted by atomic mass is 10.2. The zero-order valence-corrected chi connectivity index (χ0v) is 10.9. The number of hydrogen-bond donors (Lipinski definition) is 2. The van der Waals surface area contributed by atoms with Crippen LogP contribution in [0, 0.1) is 0 Å². The van der Waals surface area contributed by atoms with Crippen LogP contribution in [0.5, 0.6) is 5.75 Å². The quantitative estimate of drug-likeness (QED) is 0.586. The maximum absolute atomic E-state index is 11.7. The topological polar surface area (TPSA) is 76.8 Å². The summed E-state index contributed by atoms with van der Waals surface area (Å²) in [4.78, 5) is 16.6. The number of nitrogen functional groups attached to an aromatic ring is 1. The van der Waals surface area contributed by atoms with E-state index in [1.165, 1.54) is 0 Å². The summed E-state index contributed by atoms with van der Waals surface area (Å²) in [6.07, 6.45) is 0.322. The van der Waals surface area contributed by atoms with E-state index >= 15 is 0 Å². The molecule has 0 atom stereocenters. The van der Waals surface area contributed by atoms with Crippen LogP contribution < -0.4 is 15.8 Å². The van der Waals surface area contributed by atoms with Crippen molar-refractivity contribution in [3.8, 4) is 5.75 Å². The molecule has 0 aliphatic carbocycles. The van der Waals surface area contributed by atoms with Crippen molar-refractivity contribution in [3.63, 3.8) is 0 Å². The average molecular weight is 253 g/mol. The summed E-state index contributed by atoms with van der Waals surface area (Å²) in [5.41, 5.74) is 6.81. The van der Waals surface area contributed by atoms with Crippen molar-refractivity contribution in [2.75, 3.05) is 38.9 Å². The van der Waals surface area contributed by atoms with Gasteiger partial charge in [-0.1, -0.05) is 0 Å². The van der Waals surface area contributed by atoms with Gasteiger partial charge in [0, 0.05) is 25.7 Å². The highest BCUT2D eigenvalue weighted by molar-refractivity contribution is 5.93. The minimum atomic E-state index is -0.122. The molecule has 0 spiro atoms. The number of ether oxygens (including phenoxy) is 1. The first kappa shape index (κ1) is 14.3. The number of rotatable bonds is 6. The van der Waals surface area contributed by atoms with Gasteiger partial charge in [-0.05, 0) is 18.2 Å². The monoisotopic (exact) mass is 253 g/mol. The molecule has 0 saturated heterocycles. The fourth-order valence-corrected chi connectivity index (χ4v) is 1.39. The number of hydroxylamine groups is 2. The number of nitrogens with two attached hydrogens (primary N) is 1. The molecular weight excluding hydrogens is 234 g/mol. The summed E-state index contributed by atoms with van der Waals surface area (Å²) in [7, 11) is 4.85. The fraction of sp³-hybridized carbons (Fsp3) is 0.417. The van der Waals surface area contributed by atoms with Gasteiger partial charge < -0.3 is 20.6 Å². The molecule has 18 heavy (non-hydrogen) atoms. The predicted octanol–water partition coefficient (Wildman–Crippen LogP) is 1.10. The van der Waals surface area contributed by atoms with E-state index in [1.54, 1.807) is 44.5 Å². The maximum Gasteiger partial charge on any atom is 0.225 e. The summed E-state index contributed by atoms with van der Waals surface area (Å²) in [6.45, 7) is 0.507. The number of amides is 1. The molecule has 0 saturated carbocycles. The third-order valence-corrected chi connectivity index (χ3v) is 2.46. The molecule has 6 heteroatoms. The van der Waals surface area contributed by atoms with Crippen LogP contribution in [0.3, 0.4) is 0 Å². The second-order valence-corrected chi connectivity index (χ2v) is 3.79. The van der Waals surface area contributed by atoms with Gasteiger partial charge in [-0.3, -0.25) is 4.79 Å². The Morgan fingerprint density at radius 3 is 2.78 bits per heavy atom. The van der Waals surface area contributed by atoms with Crippen molar-refractivity contribution in [3.05, 3.63) is 18.2 Å². The maximum atomic E-state index is 11.7. The van der Waals surface area contributed by atoms with Gasteiger partial charge in [-0.2, -0.15) is 5.06 Å². The molecule has 1 rings (SSSR count). The number of anilines is 2. The van der Waals surface area contributed by atoms with Gasteiger partial charge in [0.15, 0.2) is 0 Å². The molecule has 0 bridgehead atoms. The van der Waals surface area contributed by atoms with E-state index in [9.17, 15) is 4.79 Å². The first-order chi connectivity index (χ1) is 8.56. The Morgan fingerprint density at radius 2 is 2.17 bits per heavy atom. The van der Waals surface area contributed by atoms with Crippen molar-refractivity contribution < 1.29 is 14.4 Å². The molecule has 100 valence electrons. The molecule has 0 aliphatic rings. The SMILES string of the molecule is COc1ccc(N)cc1NC(=O)CCN(C)OC. The smallest absolute Gasteiger partial charge is 0.225 e. The molecule has 0 aromatic heterocycles. The molecule has 3 N–H and O–H groups in total. The Hall–Kier alpha value is -1.79. The molecular formula is C12H19N3O3. The summed E-state index contributed by atoms with van der Waals surface area (Å²) in [5.74, 6) is 0.459. The zero-order valence-electron chi connectivity index (χ0n) is 10.9. The lowest BCUT2D eigenvalue weighted by Gasteiger charge is -2.14. The second-order valence-electron chi connectivity index (χ2n) is 3.79. The fourth-order valence-electron chi connectivity index (χ4n) is 1.39. The Bertz CT molecular complexity index is 410. The van der Waals surface area contributed by atoms with E-state index in [4.69, 9.17) is 15.3 Å². The van der Waals surface area contributed by atoms with Crippen molar-refractivity contribution >= 4 is 17.3 Å². The largest absolute Gasteiger partial charge is 0.495 e.